The maximum Gasteiger partial charge on any atom is -0.00156 e. The first-order valence-corrected chi connectivity index (χ1v) is 7.81. The van der Waals surface area contributed by atoms with E-state index in [1.807, 2.05) is 0 Å². The molecule has 2 fully saturated rings. The molecule has 1 aliphatic carbocycles. The van der Waals surface area contributed by atoms with Crippen LogP contribution in [0.2, 0.25) is 0 Å². The van der Waals surface area contributed by atoms with E-state index in [1.54, 1.807) is 0 Å². The van der Waals surface area contributed by atoms with Crippen LogP contribution in [0.15, 0.2) is 0 Å². The van der Waals surface area contributed by atoms with Crippen molar-refractivity contribution in [3.63, 3.8) is 0 Å². The molecule has 1 N–H and O–H groups in total. The first-order valence-electron chi connectivity index (χ1n) is 7.81. The number of likely N-dealkylation sites (tertiary alicyclic amines) is 1. The molecule has 0 spiro atoms. The molecule has 0 amide bonds. The zero-order valence-electron chi connectivity index (χ0n) is 12.0. The van der Waals surface area contributed by atoms with E-state index < -0.39 is 0 Å². The summed E-state index contributed by atoms with van der Waals surface area (Å²) in [5, 5.41) is 3.49. The van der Waals surface area contributed by atoms with Gasteiger partial charge in [-0.1, -0.05) is 32.6 Å². The highest BCUT2D eigenvalue weighted by atomic mass is 35.5. The molecule has 1 heterocycles. The normalized spacial score (nSPS) is 23.2. The summed E-state index contributed by atoms with van der Waals surface area (Å²) in [4.78, 5) is 2.71. The molecule has 18 heavy (non-hydrogen) atoms. The molecule has 0 aromatic heterocycles. The number of hydrogen-bond acceptors (Lipinski definition) is 2. The van der Waals surface area contributed by atoms with Crippen molar-refractivity contribution >= 4 is 12.4 Å². The van der Waals surface area contributed by atoms with Gasteiger partial charge in [-0.05, 0) is 63.8 Å². The van der Waals surface area contributed by atoms with Crippen LogP contribution in [0.3, 0.4) is 0 Å². The average Bonchev–Trinajstić information content (AvgIpc) is 2.88. The van der Waals surface area contributed by atoms with Crippen molar-refractivity contribution in [3.8, 4) is 0 Å². The van der Waals surface area contributed by atoms with Crippen LogP contribution in [0, 0.1) is 11.8 Å². The van der Waals surface area contributed by atoms with Crippen molar-refractivity contribution in [2.45, 2.75) is 51.9 Å². The highest BCUT2D eigenvalue weighted by Gasteiger charge is 2.20. The summed E-state index contributed by atoms with van der Waals surface area (Å²) in [6, 6.07) is 0. The molecule has 0 aromatic rings. The summed E-state index contributed by atoms with van der Waals surface area (Å²) in [6.07, 6.45) is 10.3. The van der Waals surface area contributed by atoms with E-state index >= 15 is 0 Å². The molecular formula is C15H31ClN2. The third-order valence-electron chi connectivity index (χ3n) is 4.72. The van der Waals surface area contributed by atoms with E-state index in [0.29, 0.717) is 0 Å². The zero-order valence-corrected chi connectivity index (χ0v) is 12.8. The van der Waals surface area contributed by atoms with Gasteiger partial charge in [-0.2, -0.15) is 0 Å². The highest BCUT2D eigenvalue weighted by Crippen LogP contribution is 2.28. The van der Waals surface area contributed by atoms with Crippen LogP contribution in [0.4, 0.5) is 0 Å². The van der Waals surface area contributed by atoms with Crippen LogP contribution in [-0.4, -0.2) is 37.6 Å². The number of piperidine rings is 1. The van der Waals surface area contributed by atoms with Crippen LogP contribution in [-0.2, 0) is 0 Å². The van der Waals surface area contributed by atoms with Gasteiger partial charge in [0.05, 0.1) is 0 Å². The molecule has 1 saturated carbocycles. The number of rotatable bonds is 6. The number of hydrogen-bond donors (Lipinski definition) is 1. The first-order chi connectivity index (χ1) is 8.38. The quantitative estimate of drug-likeness (QED) is 0.799. The molecule has 2 aliphatic rings. The number of halogens is 1. The summed E-state index contributed by atoms with van der Waals surface area (Å²) >= 11 is 0. The smallest absolute Gasteiger partial charge is 0.00156 e. The van der Waals surface area contributed by atoms with E-state index in [4.69, 9.17) is 0 Å². The van der Waals surface area contributed by atoms with Gasteiger partial charge in [-0.3, -0.25) is 0 Å². The number of nitrogens with zero attached hydrogens (tertiary/aromatic N) is 1. The van der Waals surface area contributed by atoms with E-state index in [2.05, 4.69) is 17.1 Å². The fourth-order valence-corrected chi connectivity index (χ4v) is 3.43. The first kappa shape index (κ1) is 16.3. The largest absolute Gasteiger partial charge is 0.317 e. The fraction of sp³-hybridized carbons (Fsp3) is 1.00. The Bertz CT molecular complexity index is 197. The Morgan fingerprint density at radius 2 is 1.67 bits per heavy atom. The van der Waals surface area contributed by atoms with E-state index in [1.165, 1.54) is 71.1 Å². The van der Waals surface area contributed by atoms with Gasteiger partial charge in [0.1, 0.15) is 0 Å². The Balaban J connectivity index is 0.00000162. The molecule has 0 unspecified atom stereocenters. The lowest BCUT2D eigenvalue weighted by atomic mass is 9.96. The van der Waals surface area contributed by atoms with Gasteiger partial charge in [0.25, 0.3) is 0 Å². The molecule has 0 aromatic carbocycles. The standard InChI is InChI=1S/C15H30N2.ClH/c1-2-16-13-15-8-11-17(12-9-15)10-7-14-5-3-4-6-14;/h14-16H,2-13H2,1H3;1H. The lowest BCUT2D eigenvalue weighted by Gasteiger charge is -2.32. The maximum atomic E-state index is 3.49. The van der Waals surface area contributed by atoms with Crippen molar-refractivity contribution in [2.24, 2.45) is 11.8 Å². The summed E-state index contributed by atoms with van der Waals surface area (Å²) in [7, 11) is 0. The van der Waals surface area contributed by atoms with Gasteiger partial charge in [0, 0.05) is 0 Å². The predicted octanol–water partition coefficient (Wildman–Crippen LogP) is 3.31. The van der Waals surface area contributed by atoms with Gasteiger partial charge in [0.15, 0.2) is 0 Å². The third-order valence-corrected chi connectivity index (χ3v) is 4.72. The summed E-state index contributed by atoms with van der Waals surface area (Å²) < 4.78 is 0. The zero-order chi connectivity index (χ0) is 11.9. The van der Waals surface area contributed by atoms with Gasteiger partial charge in [-0.25, -0.2) is 0 Å². The van der Waals surface area contributed by atoms with Crippen LogP contribution in [0.25, 0.3) is 0 Å². The molecule has 3 heteroatoms. The third kappa shape index (κ3) is 5.46. The fourth-order valence-electron chi connectivity index (χ4n) is 3.43. The summed E-state index contributed by atoms with van der Waals surface area (Å²) in [6.45, 7) is 8.65. The van der Waals surface area contributed by atoms with Crippen molar-refractivity contribution in [3.05, 3.63) is 0 Å². The minimum atomic E-state index is 0. The molecule has 2 rings (SSSR count). The second-order valence-corrected chi connectivity index (χ2v) is 6.03. The molecule has 0 bridgehead atoms. The van der Waals surface area contributed by atoms with Crippen LogP contribution >= 0.6 is 12.4 Å². The van der Waals surface area contributed by atoms with Crippen molar-refractivity contribution in [1.82, 2.24) is 10.2 Å². The average molecular weight is 275 g/mol. The van der Waals surface area contributed by atoms with Crippen LogP contribution < -0.4 is 5.32 Å². The van der Waals surface area contributed by atoms with Crippen LogP contribution in [0.1, 0.15) is 51.9 Å². The monoisotopic (exact) mass is 274 g/mol. The summed E-state index contributed by atoms with van der Waals surface area (Å²) in [5.74, 6) is 2.01. The number of nitrogens with one attached hydrogen (secondary N) is 1. The van der Waals surface area contributed by atoms with Crippen LogP contribution in [0.5, 0.6) is 0 Å². The van der Waals surface area contributed by atoms with Gasteiger partial charge >= 0.3 is 0 Å². The minimum absolute atomic E-state index is 0. The van der Waals surface area contributed by atoms with E-state index in [9.17, 15) is 0 Å². The van der Waals surface area contributed by atoms with Gasteiger partial charge < -0.3 is 10.2 Å². The molecule has 2 nitrogen and oxygen atoms in total. The Hall–Kier alpha value is 0.210. The second-order valence-electron chi connectivity index (χ2n) is 6.03. The van der Waals surface area contributed by atoms with E-state index in [-0.39, 0.29) is 12.4 Å². The van der Waals surface area contributed by atoms with Crippen molar-refractivity contribution in [2.75, 3.05) is 32.7 Å². The van der Waals surface area contributed by atoms with Gasteiger partial charge in [-0.15, -0.1) is 12.4 Å². The Kier molecular flexibility index (Phi) is 8.28. The Morgan fingerprint density at radius 1 is 1.00 bits per heavy atom. The Labute approximate surface area is 119 Å². The molecule has 1 saturated heterocycles. The Morgan fingerprint density at radius 3 is 2.28 bits per heavy atom. The lowest BCUT2D eigenvalue weighted by molar-refractivity contribution is 0.173. The predicted molar refractivity (Wildman–Crippen MR) is 81.5 cm³/mol. The highest BCUT2D eigenvalue weighted by molar-refractivity contribution is 5.85. The van der Waals surface area contributed by atoms with E-state index in [0.717, 1.165) is 18.4 Å². The minimum Gasteiger partial charge on any atom is -0.317 e. The summed E-state index contributed by atoms with van der Waals surface area (Å²) in [5.41, 5.74) is 0. The molecule has 0 atom stereocenters. The lowest BCUT2D eigenvalue weighted by Crippen LogP contribution is -2.38. The van der Waals surface area contributed by atoms with Gasteiger partial charge in [0.2, 0.25) is 0 Å². The molecular weight excluding hydrogens is 244 g/mol. The maximum absolute atomic E-state index is 3.49. The molecule has 108 valence electrons. The molecule has 1 aliphatic heterocycles. The SMILES string of the molecule is CCNCC1CCN(CCC2CCCC2)CC1.Cl. The topological polar surface area (TPSA) is 15.3 Å². The second kappa shape index (κ2) is 9.17. The molecule has 0 radical (unpaired) electrons. The van der Waals surface area contributed by atoms with Crippen molar-refractivity contribution in [1.29, 1.82) is 0 Å². The van der Waals surface area contributed by atoms with Crippen molar-refractivity contribution < 1.29 is 0 Å².